The molecule has 4 aromatic rings. The average Bonchev–Trinajstić information content (AvgIpc) is 3.58. The molecule has 5 rings (SSSR count). The van der Waals surface area contributed by atoms with Crippen LogP contribution in [0.15, 0.2) is 70.1 Å². The molecule has 2 atom stereocenters. The smallest absolute Gasteiger partial charge is 0.313 e. The van der Waals surface area contributed by atoms with E-state index in [2.05, 4.69) is 49.8 Å². The van der Waals surface area contributed by atoms with Gasteiger partial charge in [-0.2, -0.15) is 5.10 Å². The Morgan fingerprint density at radius 2 is 2.06 bits per heavy atom. The number of fused-ring (bicyclic) bond motifs is 1. The van der Waals surface area contributed by atoms with Gasteiger partial charge in [0, 0.05) is 42.8 Å². The van der Waals surface area contributed by atoms with Crippen LogP contribution in [0.1, 0.15) is 29.4 Å². The number of H-pyrrole nitrogens is 2. The molecule has 0 radical (unpaired) electrons. The van der Waals surface area contributed by atoms with Crippen LogP contribution in [0, 0.1) is 0 Å². The largest absolute Gasteiger partial charge is 0.325 e. The quantitative estimate of drug-likeness (QED) is 0.536. The number of nitrogens with zero attached hydrogens (tertiary/aromatic N) is 4. The molecule has 31 heavy (non-hydrogen) atoms. The van der Waals surface area contributed by atoms with Crippen molar-refractivity contribution in [2.24, 2.45) is 4.99 Å². The van der Waals surface area contributed by atoms with Gasteiger partial charge in [-0.05, 0) is 41.3 Å². The Bertz CT molecular complexity index is 1510. The van der Waals surface area contributed by atoms with Gasteiger partial charge >= 0.3 is 5.69 Å². The van der Waals surface area contributed by atoms with Gasteiger partial charge in [-0.3, -0.25) is 19.8 Å². The van der Waals surface area contributed by atoms with Crippen molar-refractivity contribution >= 4 is 17.0 Å². The van der Waals surface area contributed by atoms with E-state index in [1.54, 1.807) is 17.9 Å². The van der Waals surface area contributed by atoms with E-state index >= 15 is 0 Å². The molecule has 154 valence electrons. The lowest BCUT2D eigenvalue weighted by atomic mass is 9.99. The van der Waals surface area contributed by atoms with Crippen molar-refractivity contribution in [3.05, 3.63) is 93.0 Å². The number of hydrogen-bond donors (Lipinski definition) is 2. The molecule has 0 amide bonds. The zero-order valence-electron chi connectivity index (χ0n) is 16.9. The molecule has 0 saturated heterocycles. The van der Waals surface area contributed by atoms with E-state index in [-0.39, 0.29) is 11.5 Å². The lowest BCUT2D eigenvalue weighted by Gasteiger charge is -2.11. The van der Waals surface area contributed by atoms with Gasteiger partial charge in [-0.25, -0.2) is 9.48 Å². The fourth-order valence-corrected chi connectivity index (χ4v) is 4.25. The summed E-state index contributed by atoms with van der Waals surface area (Å²) in [5, 5.41) is 6.81. The third-order valence-electron chi connectivity index (χ3n) is 5.77. The van der Waals surface area contributed by atoms with Crippen molar-refractivity contribution in [3.63, 3.8) is 0 Å². The fourth-order valence-electron chi connectivity index (χ4n) is 4.25. The van der Waals surface area contributed by atoms with E-state index in [0.29, 0.717) is 17.1 Å². The number of nitrogens with one attached hydrogen (secondary N) is 2. The highest BCUT2D eigenvalue weighted by Gasteiger charge is 2.41. The summed E-state index contributed by atoms with van der Waals surface area (Å²) < 4.78 is 1.58. The van der Waals surface area contributed by atoms with Gasteiger partial charge in [0.1, 0.15) is 0 Å². The molecular formula is C23H20N6O2. The molecule has 8 nitrogen and oxygen atoms in total. The number of aromatic nitrogens is 5. The molecule has 0 spiro atoms. The van der Waals surface area contributed by atoms with Crippen LogP contribution >= 0.6 is 0 Å². The summed E-state index contributed by atoms with van der Waals surface area (Å²) in [6, 6.07) is 10.2. The summed E-state index contributed by atoms with van der Waals surface area (Å²) in [4.78, 5) is 37.2. The highest BCUT2D eigenvalue weighted by atomic mass is 16.2. The van der Waals surface area contributed by atoms with Gasteiger partial charge in [0.2, 0.25) is 0 Å². The maximum Gasteiger partial charge on any atom is 0.325 e. The van der Waals surface area contributed by atoms with Crippen molar-refractivity contribution in [2.45, 2.75) is 18.3 Å². The molecule has 3 heterocycles. The zero-order chi connectivity index (χ0) is 21.5. The summed E-state index contributed by atoms with van der Waals surface area (Å²) >= 11 is 0. The Morgan fingerprint density at radius 1 is 1.23 bits per heavy atom. The molecule has 3 aromatic heterocycles. The first-order valence-corrected chi connectivity index (χ1v) is 9.95. The van der Waals surface area contributed by atoms with Gasteiger partial charge in [-0.1, -0.05) is 24.8 Å². The summed E-state index contributed by atoms with van der Waals surface area (Å²) in [5.41, 5.74) is 2.66. The number of hydrogen-bond acceptors (Lipinski definition) is 5. The van der Waals surface area contributed by atoms with E-state index in [1.807, 2.05) is 24.5 Å². The molecular weight excluding hydrogens is 392 g/mol. The van der Waals surface area contributed by atoms with Gasteiger partial charge in [-0.15, -0.1) is 0 Å². The Kier molecular flexibility index (Phi) is 4.47. The van der Waals surface area contributed by atoms with Crippen LogP contribution in [0.5, 0.6) is 0 Å². The van der Waals surface area contributed by atoms with Crippen LogP contribution < -0.4 is 16.7 Å². The van der Waals surface area contributed by atoms with Crippen LogP contribution in [0.3, 0.4) is 0 Å². The second-order valence-electron chi connectivity index (χ2n) is 7.54. The van der Waals surface area contributed by atoms with Crippen LogP contribution in [0.4, 0.5) is 0 Å². The van der Waals surface area contributed by atoms with Crippen molar-refractivity contribution < 1.29 is 0 Å². The van der Waals surface area contributed by atoms with Crippen LogP contribution in [-0.4, -0.2) is 31.8 Å². The predicted molar refractivity (Wildman–Crippen MR) is 119 cm³/mol. The second kappa shape index (κ2) is 7.32. The van der Waals surface area contributed by atoms with Crippen LogP contribution in [0.2, 0.25) is 0 Å². The molecule has 1 aromatic carbocycles. The molecule has 1 aliphatic carbocycles. The van der Waals surface area contributed by atoms with Crippen molar-refractivity contribution in [1.29, 1.82) is 0 Å². The van der Waals surface area contributed by atoms with E-state index < -0.39 is 11.2 Å². The number of benzene rings is 1. The molecule has 8 heteroatoms. The van der Waals surface area contributed by atoms with Gasteiger partial charge in [0.05, 0.1) is 11.3 Å². The second-order valence-corrected chi connectivity index (χ2v) is 7.54. The van der Waals surface area contributed by atoms with Gasteiger partial charge < -0.3 is 4.98 Å². The standard InChI is InChI=1S/C23H20N6O2/c1-3-29-21(24-2)18(10-20(28-29)19-12-26-23(31)27-22(19)30)17-9-16(17)15-6-4-5-13-11-25-8-7-14(13)15/h3-8,10-12,16-17H,1,9H2,2H3,(H2,26,27,30,31)/t16-,17+/m1/s1. The summed E-state index contributed by atoms with van der Waals surface area (Å²) in [6.45, 7) is 3.84. The zero-order valence-corrected chi connectivity index (χ0v) is 16.9. The average molecular weight is 412 g/mol. The molecule has 1 aliphatic rings. The van der Waals surface area contributed by atoms with Gasteiger partial charge in [0.25, 0.3) is 5.56 Å². The normalized spacial score (nSPS) is 18.3. The SMILES string of the molecule is C=Cn1nc(-c2c[nH]c(=O)[nH]c2=O)cc([C@H]2C[C@@H]2c2cccc3cnccc23)c1=NC. The maximum absolute atomic E-state index is 12.3. The van der Waals surface area contributed by atoms with Crippen LogP contribution in [0.25, 0.3) is 28.2 Å². The van der Waals surface area contributed by atoms with Gasteiger partial charge in [0.15, 0.2) is 5.49 Å². The van der Waals surface area contributed by atoms with E-state index in [0.717, 1.165) is 17.4 Å². The van der Waals surface area contributed by atoms with Crippen molar-refractivity contribution in [3.8, 4) is 11.3 Å². The Balaban J connectivity index is 1.65. The van der Waals surface area contributed by atoms with Crippen molar-refractivity contribution in [1.82, 2.24) is 24.7 Å². The predicted octanol–water partition coefficient (Wildman–Crippen LogP) is 2.38. The number of aromatic amines is 2. The third kappa shape index (κ3) is 3.22. The molecule has 0 unspecified atom stereocenters. The Labute approximate surface area is 176 Å². The Hall–Kier alpha value is -4.07. The number of rotatable bonds is 4. The highest BCUT2D eigenvalue weighted by molar-refractivity contribution is 5.85. The lowest BCUT2D eigenvalue weighted by molar-refractivity contribution is 0.795. The molecule has 0 bridgehead atoms. The molecule has 1 saturated carbocycles. The highest BCUT2D eigenvalue weighted by Crippen LogP contribution is 2.55. The monoisotopic (exact) mass is 412 g/mol. The Morgan fingerprint density at radius 3 is 2.84 bits per heavy atom. The summed E-state index contributed by atoms with van der Waals surface area (Å²) in [6.07, 6.45) is 7.60. The van der Waals surface area contributed by atoms with Crippen molar-refractivity contribution in [2.75, 3.05) is 7.05 Å². The minimum atomic E-state index is -0.557. The minimum absolute atomic E-state index is 0.229. The molecule has 0 aliphatic heterocycles. The maximum atomic E-state index is 12.3. The molecule has 2 N–H and O–H groups in total. The first kappa shape index (κ1) is 18.9. The van der Waals surface area contributed by atoms with E-state index in [9.17, 15) is 9.59 Å². The summed E-state index contributed by atoms with van der Waals surface area (Å²) in [5.74, 6) is 0.557. The van der Waals surface area contributed by atoms with Crippen LogP contribution in [-0.2, 0) is 0 Å². The fraction of sp³-hybridized carbons (Fsp3) is 0.174. The topological polar surface area (TPSA) is 109 Å². The van der Waals surface area contributed by atoms with E-state index in [1.165, 1.54) is 17.1 Å². The molecule has 1 fully saturated rings. The lowest BCUT2D eigenvalue weighted by Crippen LogP contribution is -2.27. The third-order valence-corrected chi connectivity index (χ3v) is 5.77. The summed E-state index contributed by atoms with van der Waals surface area (Å²) in [7, 11) is 1.72. The number of pyridine rings is 1. The first-order valence-electron chi connectivity index (χ1n) is 9.95. The minimum Gasteiger partial charge on any atom is -0.313 e. The van der Waals surface area contributed by atoms with E-state index in [4.69, 9.17) is 0 Å². The first-order chi connectivity index (χ1) is 15.1.